The van der Waals surface area contributed by atoms with E-state index in [4.69, 9.17) is 5.10 Å². The Labute approximate surface area is 144 Å². The molecule has 0 N–H and O–H groups in total. The average molecular weight is 327 g/mol. The van der Waals surface area contributed by atoms with Crippen LogP contribution in [0.25, 0.3) is 0 Å². The van der Waals surface area contributed by atoms with Gasteiger partial charge in [0, 0.05) is 43.7 Å². The van der Waals surface area contributed by atoms with Crippen LogP contribution in [0.4, 0.5) is 0 Å². The van der Waals surface area contributed by atoms with E-state index in [1.54, 1.807) is 0 Å². The number of aromatic nitrogens is 4. The van der Waals surface area contributed by atoms with Crippen LogP contribution in [0.3, 0.4) is 0 Å². The molecule has 0 fully saturated rings. The van der Waals surface area contributed by atoms with Crippen LogP contribution in [0, 0.1) is 6.92 Å². The average Bonchev–Trinajstić information content (AvgIpc) is 3.15. The summed E-state index contributed by atoms with van der Waals surface area (Å²) in [5.41, 5.74) is 8.40. The highest BCUT2D eigenvalue weighted by Gasteiger charge is 2.32. The second-order valence-electron chi connectivity index (χ2n) is 7.94. The normalized spacial score (nSPS) is 20.7. The molecule has 0 saturated carbocycles. The van der Waals surface area contributed by atoms with Gasteiger partial charge in [0.05, 0.1) is 23.6 Å². The Bertz CT molecular complexity index is 767. The van der Waals surface area contributed by atoms with Crippen molar-refractivity contribution in [2.24, 2.45) is 7.05 Å². The smallest absolute Gasteiger partial charge is 0.0669 e. The molecular weight excluding hydrogens is 298 g/mol. The molecule has 2 aromatic rings. The summed E-state index contributed by atoms with van der Waals surface area (Å²) in [5.74, 6) is 1.10. The fourth-order valence-corrected chi connectivity index (χ4v) is 4.76. The molecule has 1 aliphatic heterocycles. The van der Waals surface area contributed by atoms with Gasteiger partial charge in [-0.2, -0.15) is 10.2 Å². The van der Waals surface area contributed by atoms with Crippen molar-refractivity contribution >= 4 is 0 Å². The van der Waals surface area contributed by atoms with Gasteiger partial charge in [0.25, 0.3) is 0 Å². The third-order valence-electron chi connectivity index (χ3n) is 5.83. The molecule has 0 bridgehead atoms. The van der Waals surface area contributed by atoms with Gasteiger partial charge in [0.15, 0.2) is 0 Å². The molecule has 2 aliphatic rings. The van der Waals surface area contributed by atoms with Crippen molar-refractivity contribution in [3.8, 4) is 0 Å². The third kappa shape index (κ3) is 2.41. The first-order valence-corrected chi connectivity index (χ1v) is 9.25. The van der Waals surface area contributed by atoms with Gasteiger partial charge in [-0.25, -0.2) is 0 Å². The molecule has 4 rings (SSSR count). The van der Waals surface area contributed by atoms with E-state index in [-0.39, 0.29) is 0 Å². The number of hydrogen-bond acceptors (Lipinski definition) is 3. The maximum Gasteiger partial charge on any atom is 0.0669 e. The predicted molar refractivity (Wildman–Crippen MR) is 95.4 cm³/mol. The standard InChI is InChI=1S/C19H29N5/c1-12(2)18-16(21-24-9-8-22(4)11-17(18)24)10-14-6-7-15-13(3)20-23(5)19(14)15/h12,14H,6-11H2,1-5H3. The van der Waals surface area contributed by atoms with Gasteiger partial charge in [0.2, 0.25) is 0 Å². The number of rotatable bonds is 3. The van der Waals surface area contributed by atoms with Gasteiger partial charge in [-0.3, -0.25) is 14.3 Å². The first-order chi connectivity index (χ1) is 11.5. The fraction of sp³-hybridized carbons (Fsp3) is 0.684. The lowest BCUT2D eigenvalue weighted by molar-refractivity contribution is 0.257. The van der Waals surface area contributed by atoms with E-state index in [0.29, 0.717) is 11.8 Å². The molecule has 3 heterocycles. The van der Waals surface area contributed by atoms with E-state index in [2.05, 4.69) is 54.2 Å². The minimum Gasteiger partial charge on any atom is -0.299 e. The molecule has 5 nitrogen and oxygen atoms in total. The van der Waals surface area contributed by atoms with E-state index in [1.807, 2.05) is 0 Å². The van der Waals surface area contributed by atoms with Crippen LogP contribution in [-0.2, 0) is 33.0 Å². The topological polar surface area (TPSA) is 38.9 Å². The molecule has 5 heteroatoms. The van der Waals surface area contributed by atoms with Crippen molar-refractivity contribution in [1.82, 2.24) is 24.5 Å². The first-order valence-electron chi connectivity index (χ1n) is 9.25. The van der Waals surface area contributed by atoms with Gasteiger partial charge in [-0.15, -0.1) is 0 Å². The summed E-state index contributed by atoms with van der Waals surface area (Å²) in [6, 6.07) is 0. The second-order valence-corrected chi connectivity index (χ2v) is 7.94. The van der Waals surface area contributed by atoms with E-state index < -0.39 is 0 Å². The Hall–Kier alpha value is -1.62. The van der Waals surface area contributed by atoms with Crippen molar-refractivity contribution < 1.29 is 0 Å². The molecule has 130 valence electrons. The van der Waals surface area contributed by atoms with Crippen LogP contribution < -0.4 is 0 Å². The van der Waals surface area contributed by atoms with Crippen LogP contribution in [-0.4, -0.2) is 38.1 Å². The van der Waals surface area contributed by atoms with E-state index in [1.165, 1.54) is 46.7 Å². The minimum absolute atomic E-state index is 0.532. The van der Waals surface area contributed by atoms with Gasteiger partial charge in [-0.05, 0) is 38.3 Å². The van der Waals surface area contributed by atoms with Gasteiger partial charge >= 0.3 is 0 Å². The van der Waals surface area contributed by atoms with Gasteiger partial charge in [0.1, 0.15) is 0 Å². The first kappa shape index (κ1) is 15.9. The summed E-state index contributed by atoms with van der Waals surface area (Å²) < 4.78 is 4.39. The summed E-state index contributed by atoms with van der Waals surface area (Å²) in [5, 5.41) is 9.68. The molecule has 2 aromatic heterocycles. The molecule has 0 radical (unpaired) electrons. The van der Waals surface area contributed by atoms with Crippen molar-refractivity contribution in [1.29, 1.82) is 0 Å². The zero-order valence-corrected chi connectivity index (χ0v) is 15.6. The van der Waals surface area contributed by atoms with Crippen LogP contribution in [0.2, 0.25) is 0 Å². The van der Waals surface area contributed by atoms with Crippen molar-refractivity contribution in [3.05, 3.63) is 33.9 Å². The summed E-state index contributed by atoms with van der Waals surface area (Å²) in [4.78, 5) is 2.41. The highest BCUT2D eigenvalue weighted by molar-refractivity contribution is 5.37. The molecule has 1 unspecified atom stereocenters. The largest absolute Gasteiger partial charge is 0.299 e. The van der Waals surface area contributed by atoms with Crippen molar-refractivity contribution in [3.63, 3.8) is 0 Å². The van der Waals surface area contributed by atoms with E-state index in [9.17, 15) is 0 Å². The lowest BCUT2D eigenvalue weighted by Crippen LogP contribution is -2.31. The molecule has 24 heavy (non-hydrogen) atoms. The molecule has 0 amide bonds. The van der Waals surface area contributed by atoms with Gasteiger partial charge < -0.3 is 0 Å². The highest BCUT2D eigenvalue weighted by Crippen LogP contribution is 2.38. The molecule has 0 saturated heterocycles. The Kier molecular flexibility index (Phi) is 3.79. The quantitative estimate of drug-likeness (QED) is 0.870. The molecular formula is C19H29N5. The molecule has 0 spiro atoms. The van der Waals surface area contributed by atoms with Crippen molar-refractivity contribution in [2.45, 2.75) is 65.0 Å². The summed E-state index contributed by atoms with van der Waals surface area (Å²) in [6.45, 7) is 9.91. The summed E-state index contributed by atoms with van der Waals surface area (Å²) >= 11 is 0. The van der Waals surface area contributed by atoms with Gasteiger partial charge in [-0.1, -0.05) is 13.8 Å². The molecule has 0 aromatic carbocycles. The Balaban J connectivity index is 1.69. The lowest BCUT2D eigenvalue weighted by atomic mass is 9.92. The number of nitrogens with zero attached hydrogens (tertiary/aromatic N) is 5. The van der Waals surface area contributed by atoms with Crippen LogP contribution in [0.15, 0.2) is 0 Å². The Morgan fingerprint density at radius 2 is 1.96 bits per heavy atom. The maximum atomic E-state index is 5.04. The fourth-order valence-electron chi connectivity index (χ4n) is 4.76. The number of fused-ring (bicyclic) bond motifs is 2. The number of likely N-dealkylation sites (N-methyl/N-ethyl adjacent to an activating group) is 1. The van der Waals surface area contributed by atoms with Crippen LogP contribution in [0.5, 0.6) is 0 Å². The predicted octanol–water partition coefficient (Wildman–Crippen LogP) is 2.77. The Morgan fingerprint density at radius 1 is 1.17 bits per heavy atom. The maximum absolute atomic E-state index is 5.04. The second kappa shape index (κ2) is 5.73. The van der Waals surface area contributed by atoms with E-state index in [0.717, 1.165) is 26.1 Å². The lowest BCUT2D eigenvalue weighted by Gasteiger charge is -2.25. The minimum atomic E-state index is 0.532. The number of aryl methyl sites for hydroxylation is 2. The Morgan fingerprint density at radius 3 is 2.71 bits per heavy atom. The summed E-state index contributed by atoms with van der Waals surface area (Å²) in [6.07, 6.45) is 3.47. The molecule has 1 aliphatic carbocycles. The number of hydrogen-bond donors (Lipinski definition) is 0. The van der Waals surface area contributed by atoms with Crippen molar-refractivity contribution in [2.75, 3.05) is 13.6 Å². The summed E-state index contributed by atoms with van der Waals surface area (Å²) in [7, 11) is 4.31. The van der Waals surface area contributed by atoms with E-state index >= 15 is 0 Å². The molecule has 1 atom stereocenters. The van der Waals surface area contributed by atoms with Crippen LogP contribution >= 0.6 is 0 Å². The SMILES string of the molecule is Cc1nn(C)c2c1CCC2Cc1nn2c(c1C(C)C)CN(C)CC2. The zero-order valence-electron chi connectivity index (χ0n) is 15.6. The zero-order chi connectivity index (χ0) is 17.0. The third-order valence-corrected chi connectivity index (χ3v) is 5.83. The van der Waals surface area contributed by atoms with Crippen LogP contribution in [0.1, 0.15) is 66.0 Å². The highest BCUT2D eigenvalue weighted by atomic mass is 15.3. The monoisotopic (exact) mass is 327 g/mol.